The maximum absolute atomic E-state index is 11.9. The Kier molecular flexibility index (Phi) is 3.75. The summed E-state index contributed by atoms with van der Waals surface area (Å²) in [4.78, 5) is 20.4. The van der Waals surface area contributed by atoms with Gasteiger partial charge in [0.2, 0.25) is 5.88 Å². The molecule has 2 aromatic heterocycles. The lowest BCUT2D eigenvalue weighted by Gasteiger charge is -2.16. The maximum Gasteiger partial charge on any atom is 0.254 e. The summed E-state index contributed by atoms with van der Waals surface area (Å²) in [6.45, 7) is 5.42. The quantitative estimate of drug-likeness (QED) is 0.665. The molecular weight excluding hydrogens is 322 g/mol. The second kappa shape index (κ2) is 5.66. The van der Waals surface area contributed by atoms with E-state index in [0.29, 0.717) is 17.1 Å². The van der Waals surface area contributed by atoms with E-state index in [1.165, 1.54) is 0 Å². The van der Waals surface area contributed by atoms with Gasteiger partial charge >= 0.3 is 0 Å². The van der Waals surface area contributed by atoms with E-state index in [4.69, 9.17) is 16.2 Å². The van der Waals surface area contributed by atoms with E-state index in [1.54, 1.807) is 18.6 Å². The predicted octanol–water partition coefficient (Wildman–Crippen LogP) is 1.74. The van der Waals surface area contributed by atoms with E-state index in [-0.39, 0.29) is 22.8 Å². The highest BCUT2D eigenvalue weighted by molar-refractivity contribution is 6.09. The van der Waals surface area contributed by atoms with E-state index < -0.39 is 5.91 Å². The van der Waals surface area contributed by atoms with Gasteiger partial charge in [0, 0.05) is 5.56 Å². The molecule has 1 amide bonds. The zero-order chi connectivity index (χ0) is 18.5. The smallest absolute Gasteiger partial charge is 0.254 e. The van der Waals surface area contributed by atoms with Gasteiger partial charge < -0.3 is 21.3 Å². The van der Waals surface area contributed by atoms with Gasteiger partial charge in [-0.3, -0.25) is 9.36 Å². The molecule has 8 heteroatoms. The minimum absolute atomic E-state index is 0.0272. The summed E-state index contributed by atoms with van der Waals surface area (Å²) in [7, 11) is 1.58. The molecule has 0 fully saturated rings. The van der Waals surface area contributed by atoms with Crippen LogP contribution in [0.25, 0.3) is 16.9 Å². The first-order chi connectivity index (χ1) is 11.8. The number of rotatable bonds is 3. The van der Waals surface area contributed by atoms with Crippen LogP contribution in [0.5, 0.6) is 11.6 Å². The molecule has 25 heavy (non-hydrogen) atoms. The van der Waals surface area contributed by atoms with E-state index in [2.05, 4.69) is 9.97 Å². The van der Waals surface area contributed by atoms with Gasteiger partial charge in [-0.15, -0.1) is 0 Å². The van der Waals surface area contributed by atoms with Crippen LogP contribution in [0.4, 0.5) is 5.82 Å². The van der Waals surface area contributed by atoms with Crippen molar-refractivity contribution in [3.05, 3.63) is 34.5 Å². The number of nitrogen functional groups attached to an aromatic ring is 1. The molecule has 0 unspecified atom stereocenters. The molecule has 0 bridgehead atoms. The molecule has 8 nitrogen and oxygen atoms in total. The first kappa shape index (κ1) is 16.6. The number of nitrogens with two attached hydrogens (primary N) is 2. The number of primary amides is 1. The van der Waals surface area contributed by atoms with Crippen molar-refractivity contribution in [2.24, 2.45) is 5.73 Å². The summed E-state index contributed by atoms with van der Waals surface area (Å²) in [5.74, 6) is -0.221. The van der Waals surface area contributed by atoms with Crippen LogP contribution in [0.2, 0.25) is 0 Å². The Morgan fingerprint density at radius 3 is 2.52 bits per heavy atom. The van der Waals surface area contributed by atoms with E-state index in [0.717, 1.165) is 16.8 Å². The molecule has 0 saturated heterocycles. The molecule has 0 atom stereocenters. The second-order valence-corrected chi connectivity index (χ2v) is 5.82. The lowest BCUT2D eigenvalue weighted by molar-refractivity contribution is 0.100. The molecule has 3 rings (SSSR count). The number of benzene rings is 1. The number of aromatic nitrogens is 3. The van der Waals surface area contributed by atoms with Gasteiger partial charge in [-0.25, -0.2) is 9.97 Å². The number of ether oxygens (including phenoxy) is 1. The highest BCUT2D eigenvalue weighted by Gasteiger charge is 2.25. The van der Waals surface area contributed by atoms with Crippen molar-refractivity contribution >= 4 is 22.9 Å². The Morgan fingerprint density at radius 1 is 1.24 bits per heavy atom. The minimum atomic E-state index is -0.739. The normalized spacial score (nSPS) is 11.0. The fraction of sp³-hybridized carbons (Fsp3) is 0.235. The summed E-state index contributed by atoms with van der Waals surface area (Å²) >= 11 is 0. The number of amides is 1. The number of aromatic hydroxyl groups is 1. The molecule has 0 aliphatic carbocycles. The number of hydrogen-bond acceptors (Lipinski definition) is 6. The first-order valence-corrected chi connectivity index (χ1v) is 7.59. The van der Waals surface area contributed by atoms with Crippen LogP contribution in [-0.4, -0.2) is 32.7 Å². The SMILES string of the molecule is COc1ccc(C)c(-n2c(N)c(C(N)=O)c3nc(O)c(C)nc32)c1C. The van der Waals surface area contributed by atoms with Gasteiger partial charge in [-0.1, -0.05) is 6.07 Å². The Balaban J connectivity index is 2.52. The van der Waals surface area contributed by atoms with Crippen molar-refractivity contribution in [3.8, 4) is 17.3 Å². The zero-order valence-electron chi connectivity index (χ0n) is 14.4. The Bertz CT molecular complexity index is 1020. The maximum atomic E-state index is 11.9. The van der Waals surface area contributed by atoms with Gasteiger partial charge in [0.05, 0.1) is 12.8 Å². The van der Waals surface area contributed by atoms with Crippen LogP contribution in [0.1, 0.15) is 27.2 Å². The van der Waals surface area contributed by atoms with Gasteiger partial charge in [0.25, 0.3) is 5.91 Å². The average molecular weight is 341 g/mol. The number of anilines is 1. The molecule has 5 N–H and O–H groups in total. The van der Waals surface area contributed by atoms with E-state index in [1.807, 2.05) is 26.0 Å². The minimum Gasteiger partial charge on any atom is -0.496 e. The van der Waals surface area contributed by atoms with Crippen LogP contribution < -0.4 is 16.2 Å². The molecular formula is C17H19N5O3. The number of aryl methyl sites for hydroxylation is 2. The molecule has 0 saturated carbocycles. The Labute approximate surface area is 144 Å². The predicted molar refractivity (Wildman–Crippen MR) is 94.2 cm³/mol. The molecule has 2 heterocycles. The fourth-order valence-electron chi connectivity index (χ4n) is 3.02. The van der Waals surface area contributed by atoms with Crippen molar-refractivity contribution < 1.29 is 14.6 Å². The summed E-state index contributed by atoms with van der Waals surface area (Å²) < 4.78 is 7.02. The first-order valence-electron chi connectivity index (χ1n) is 7.59. The van der Waals surface area contributed by atoms with Gasteiger partial charge in [0.15, 0.2) is 5.65 Å². The number of hydrogen-bond donors (Lipinski definition) is 3. The van der Waals surface area contributed by atoms with Crippen molar-refractivity contribution in [1.29, 1.82) is 0 Å². The average Bonchev–Trinajstić information content (AvgIpc) is 2.80. The monoisotopic (exact) mass is 341 g/mol. The van der Waals surface area contributed by atoms with Gasteiger partial charge in [-0.05, 0) is 32.4 Å². The standard InChI is InChI=1S/C17H19N5O3/c1-7-5-6-10(25-4)8(2)13(7)22-14(18)11(15(19)23)12-16(22)20-9(3)17(24)21-12/h5-6H,18H2,1-4H3,(H2,19,23)(H,21,24). The van der Waals surface area contributed by atoms with Crippen LogP contribution in [0.3, 0.4) is 0 Å². The number of carbonyl (C=O) groups is 1. The molecule has 0 aliphatic heterocycles. The summed E-state index contributed by atoms with van der Waals surface area (Å²) in [5.41, 5.74) is 15.0. The number of fused-ring (bicyclic) bond motifs is 1. The van der Waals surface area contributed by atoms with Crippen LogP contribution >= 0.6 is 0 Å². The van der Waals surface area contributed by atoms with Gasteiger partial charge in [-0.2, -0.15) is 0 Å². The number of nitrogens with zero attached hydrogens (tertiary/aromatic N) is 3. The molecule has 1 aromatic carbocycles. The highest BCUT2D eigenvalue weighted by Crippen LogP contribution is 2.36. The van der Waals surface area contributed by atoms with Crippen LogP contribution in [0.15, 0.2) is 12.1 Å². The zero-order valence-corrected chi connectivity index (χ0v) is 14.4. The highest BCUT2D eigenvalue weighted by atomic mass is 16.5. The third-order valence-electron chi connectivity index (χ3n) is 4.25. The fourth-order valence-corrected chi connectivity index (χ4v) is 3.02. The summed E-state index contributed by atoms with van der Waals surface area (Å²) in [5, 5.41) is 9.89. The largest absolute Gasteiger partial charge is 0.496 e. The Hall–Kier alpha value is -3.29. The molecule has 0 spiro atoms. The summed E-state index contributed by atoms with van der Waals surface area (Å²) in [6.07, 6.45) is 0. The van der Waals surface area contributed by atoms with Crippen molar-refractivity contribution in [1.82, 2.24) is 14.5 Å². The van der Waals surface area contributed by atoms with E-state index >= 15 is 0 Å². The topological polar surface area (TPSA) is 129 Å². The lowest BCUT2D eigenvalue weighted by atomic mass is 10.1. The molecule has 130 valence electrons. The van der Waals surface area contributed by atoms with Crippen molar-refractivity contribution in [2.45, 2.75) is 20.8 Å². The second-order valence-electron chi connectivity index (χ2n) is 5.82. The Morgan fingerprint density at radius 2 is 1.92 bits per heavy atom. The molecule has 3 aromatic rings. The van der Waals surface area contributed by atoms with Crippen molar-refractivity contribution in [3.63, 3.8) is 0 Å². The number of carbonyl (C=O) groups excluding carboxylic acids is 1. The van der Waals surface area contributed by atoms with Gasteiger partial charge in [0.1, 0.15) is 28.3 Å². The molecule has 0 radical (unpaired) electrons. The van der Waals surface area contributed by atoms with E-state index in [9.17, 15) is 9.90 Å². The number of methoxy groups -OCH3 is 1. The molecule has 0 aliphatic rings. The lowest BCUT2D eigenvalue weighted by Crippen LogP contribution is -2.14. The van der Waals surface area contributed by atoms with Crippen LogP contribution in [0, 0.1) is 20.8 Å². The third kappa shape index (κ3) is 2.34. The van der Waals surface area contributed by atoms with Crippen molar-refractivity contribution in [2.75, 3.05) is 12.8 Å². The van der Waals surface area contributed by atoms with Crippen LogP contribution in [-0.2, 0) is 0 Å². The third-order valence-corrected chi connectivity index (χ3v) is 4.25. The summed E-state index contributed by atoms with van der Waals surface area (Å²) in [6, 6.07) is 3.74.